The smallest absolute Gasteiger partial charge is 0.409 e. The fraction of sp³-hybridized carbons (Fsp3) is 0.500. The minimum Gasteiger partial charge on any atom is -0.465 e. The van der Waals surface area contributed by atoms with Crippen molar-refractivity contribution in [1.82, 2.24) is 10.2 Å². The number of nitrogens with two attached hydrogens (primary N) is 1. The summed E-state index contributed by atoms with van der Waals surface area (Å²) in [5.74, 6) is 0.611. The van der Waals surface area contributed by atoms with Gasteiger partial charge in [-0.1, -0.05) is 25.2 Å². The normalized spacial score (nSPS) is 20.3. The standard InChI is InChI=1S/C18H24N4O2S2/c1-9(2)14-12(7-8-13(15(14)25)20-18(23)24)17-22-21-16(26-17)10-3-5-11(19)6-4-10/h7-11,20,25H,3-6,19H2,1-2H3,(H,23,24). The summed E-state index contributed by atoms with van der Waals surface area (Å²) in [6, 6.07) is 3.95. The number of carbonyl (C=O) groups is 1. The van der Waals surface area contributed by atoms with E-state index in [4.69, 9.17) is 10.8 Å². The van der Waals surface area contributed by atoms with Gasteiger partial charge in [-0.05, 0) is 49.3 Å². The van der Waals surface area contributed by atoms with E-state index in [1.54, 1.807) is 17.4 Å². The summed E-state index contributed by atoms with van der Waals surface area (Å²) in [6.07, 6.45) is 3.09. The summed E-state index contributed by atoms with van der Waals surface area (Å²) >= 11 is 6.20. The summed E-state index contributed by atoms with van der Waals surface area (Å²) in [6.45, 7) is 4.13. The first kappa shape index (κ1) is 19.1. The van der Waals surface area contributed by atoms with Crippen LogP contribution in [0.25, 0.3) is 10.6 Å². The number of rotatable bonds is 4. The topological polar surface area (TPSA) is 101 Å². The number of aromatic nitrogens is 2. The van der Waals surface area contributed by atoms with Crippen molar-refractivity contribution in [2.45, 2.75) is 62.3 Å². The Morgan fingerprint density at radius 2 is 2.00 bits per heavy atom. The summed E-state index contributed by atoms with van der Waals surface area (Å²) in [5.41, 5.74) is 8.44. The van der Waals surface area contributed by atoms with Crippen molar-refractivity contribution in [3.05, 3.63) is 22.7 Å². The zero-order chi connectivity index (χ0) is 18.8. The van der Waals surface area contributed by atoms with Crippen molar-refractivity contribution in [2.24, 2.45) is 5.73 Å². The lowest BCUT2D eigenvalue weighted by atomic mass is 9.87. The van der Waals surface area contributed by atoms with Crippen LogP contribution in [-0.4, -0.2) is 27.4 Å². The van der Waals surface area contributed by atoms with Gasteiger partial charge in [0.1, 0.15) is 10.0 Å². The molecule has 0 radical (unpaired) electrons. The third kappa shape index (κ3) is 4.02. The van der Waals surface area contributed by atoms with Crippen molar-refractivity contribution in [2.75, 3.05) is 5.32 Å². The molecule has 6 nitrogen and oxygen atoms in total. The Hall–Kier alpha value is -1.64. The highest BCUT2D eigenvalue weighted by Crippen LogP contribution is 2.41. The van der Waals surface area contributed by atoms with E-state index in [2.05, 4.69) is 42.0 Å². The molecular formula is C18H24N4O2S2. The third-order valence-electron chi connectivity index (χ3n) is 4.83. The Morgan fingerprint density at radius 3 is 2.62 bits per heavy atom. The number of thiol groups is 1. The van der Waals surface area contributed by atoms with Crippen molar-refractivity contribution >= 4 is 35.7 Å². The molecular weight excluding hydrogens is 368 g/mol. The number of hydrogen-bond acceptors (Lipinski definition) is 6. The predicted octanol–water partition coefficient (Wildman–Crippen LogP) is 4.69. The molecule has 1 heterocycles. The van der Waals surface area contributed by atoms with Crippen LogP contribution in [0.3, 0.4) is 0 Å². The van der Waals surface area contributed by atoms with Gasteiger partial charge in [-0.3, -0.25) is 5.32 Å². The van der Waals surface area contributed by atoms with Crippen LogP contribution in [-0.2, 0) is 0 Å². The Morgan fingerprint density at radius 1 is 1.31 bits per heavy atom. The average Bonchev–Trinajstić information content (AvgIpc) is 3.06. The minimum absolute atomic E-state index is 0.174. The van der Waals surface area contributed by atoms with Gasteiger partial charge in [0.2, 0.25) is 0 Å². The van der Waals surface area contributed by atoms with Crippen LogP contribution in [0.1, 0.15) is 61.9 Å². The van der Waals surface area contributed by atoms with E-state index in [0.717, 1.165) is 46.8 Å². The number of anilines is 1. The van der Waals surface area contributed by atoms with E-state index >= 15 is 0 Å². The zero-order valence-corrected chi connectivity index (χ0v) is 16.6. The molecule has 1 saturated carbocycles. The quantitative estimate of drug-likeness (QED) is 0.565. The van der Waals surface area contributed by atoms with Crippen LogP contribution in [0, 0.1) is 0 Å². The maximum Gasteiger partial charge on any atom is 0.409 e. The lowest BCUT2D eigenvalue weighted by Gasteiger charge is -2.23. The Labute approximate surface area is 162 Å². The van der Waals surface area contributed by atoms with Gasteiger partial charge < -0.3 is 10.8 Å². The van der Waals surface area contributed by atoms with Crippen molar-refractivity contribution in [3.8, 4) is 10.6 Å². The molecule has 1 aromatic heterocycles. The molecule has 26 heavy (non-hydrogen) atoms. The van der Waals surface area contributed by atoms with Crippen molar-refractivity contribution in [1.29, 1.82) is 0 Å². The van der Waals surface area contributed by atoms with E-state index in [9.17, 15) is 4.79 Å². The third-order valence-corrected chi connectivity index (χ3v) is 6.43. The molecule has 3 rings (SSSR count). The fourth-order valence-corrected chi connectivity index (χ4v) is 5.03. The number of nitrogens with one attached hydrogen (secondary N) is 1. The van der Waals surface area contributed by atoms with Gasteiger partial charge in [-0.2, -0.15) is 0 Å². The monoisotopic (exact) mass is 392 g/mol. The maximum absolute atomic E-state index is 11.0. The number of amides is 1. The molecule has 0 bridgehead atoms. The molecule has 0 unspecified atom stereocenters. The summed E-state index contributed by atoms with van der Waals surface area (Å²) < 4.78 is 0. The second kappa shape index (κ2) is 7.94. The first-order chi connectivity index (χ1) is 12.4. The van der Waals surface area contributed by atoms with Gasteiger partial charge in [0, 0.05) is 22.4 Å². The van der Waals surface area contributed by atoms with E-state index < -0.39 is 6.09 Å². The Kier molecular flexibility index (Phi) is 5.84. The molecule has 140 valence electrons. The van der Waals surface area contributed by atoms with Crippen LogP contribution in [0.15, 0.2) is 17.0 Å². The molecule has 1 amide bonds. The SMILES string of the molecule is CC(C)c1c(-c2nnc(C3CCC(N)CC3)s2)ccc(NC(=O)O)c1S. The van der Waals surface area contributed by atoms with Crippen LogP contribution in [0.5, 0.6) is 0 Å². The Balaban J connectivity index is 1.94. The van der Waals surface area contributed by atoms with Crippen LogP contribution >= 0.6 is 24.0 Å². The minimum atomic E-state index is -1.10. The lowest BCUT2D eigenvalue weighted by molar-refractivity contribution is 0.209. The van der Waals surface area contributed by atoms with Crippen molar-refractivity contribution in [3.63, 3.8) is 0 Å². The van der Waals surface area contributed by atoms with Crippen LogP contribution < -0.4 is 11.1 Å². The van der Waals surface area contributed by atoms with Gasteiger partial charge in [-0.15, -0.1) is 22.8 Å². The van der Waals surface area contributed by atoms with Crippen LogP contribution in [0.2, 0.25) is 0 Å². The summed E-state index contributed by atoms with van der Waals surface area (Å²) in [4.78, 5) is 11.6. The number of benzene rings is 1. The predicted molar refractivity (Wildman–Crippen MR) is 108 cm³/mol. The van der Waals surface area contributed by atoms with E-state index in [1.807, 2.05) is 6.07 Å². The molecule has 1 aliphatic rings. The van der Waals surface area contributed by atoms with Gasteiger partial charge in [0.05, 0.1) is 5.69 Å². The summed E-state index contributed by atoms with van der Waals surface area (Å²) in [7, 11) is 0. The first-order valence-corrected chi connectivity index (χ1v) is 10.1. The average molecular weight is 393 g/mol. The van der Waals surface area contributed by atoms with Crippen LogP contribution in [0.4, 0.5) is 10.5 Å². The molecule has 0 atom stereocenters. The molecule has 0 aliphatic heterocycles. The molecule has 8 heteroatoms. The molecule has 2 aromatic rings. The largest absolute Gasteiger partial charge is 0.465 e. The Bertz CT molecular complexity index is 798. The maximum atomic E-state index is 11.0. The number of nitrogens with zero attached hydrogens (tertiary/aromatic N) is 2. The highest BCUT2D eigenvalue weighted by atomic mass is 32.1. The fourth-order valence-electron chi connectivity index (χ4n) is 3.47. The molecule has 0 spiro atoms. The van der Waals surface area contributed by atoms with E-state index in [0.29, 0.717) is 22.5 Å². The summed E-state index contributed by atoms with van der Waals surface area (Å²) in [5, 5.41) is 22.2. The second-order valence-electron chi connectivity index (χ2n) is 7.06. The lowest BCUT2D eigenvalue weighted by Crippen LogP contribution is -2.25. The second-order valence-corrected chi connectivity index (χ2v) is 8.52. The molecule has 4 N–H and O–H groups in total. The van der Waals surface area contributed by atoms with Gasteiger partial charge in [0.25, 0.3) is 0 Å². The first-order valence-electron chi connectivity index (χ1n) is 8.82. The molecule has 0 saturated heterocycles. The molecule has 1 fully saturated rings. The van der Waals surface area contributed by atoms with E-state index in [1.165, 1.54) is 0 Å². The van der Waals surface area contributed by atoms with Gasteiger partial charge in [-0.25, -0.2) is 4.79 Å². The highest BCUT2D eigenvalue weighted by molar-refractivity contribution is 7.80. The van der Waals surface area contributed by atoms with Crippen molar-refractivity contribution < 1.29 is 9.90 Å². The number of carboxylic acid groups (broad SMARTS) is 1. The molecule has 1 aliphatic carbocycles. The van der Waals surface area contributed by atoms with Gasteiger partial charge >= 0.3 is 6.09 Å². The van der Waals surface area contributed by atoms with E-state index in [-0.39, 0.29) is 5.92 Å². The van der Waals surface area contributed by atoms with Gasteiger partial charge in [0.15, 0.2) is 0 Å². The molecule has 1 aromatic carbocycles. The number of hydrogen-bond donors (Lipinski definition) is 4. The highest BCUT2D eigenvalue weighted by Gasteiger charge is 2.25. The zero-order valence-electron chi connectivity index (χ0n) is 14.9.